The zero-order chi connectivity index (χ0) is 7.28. The molecule has 0 spiro atoms. The summed E-state index contributed by atoms with van der Waals surface area (Å²) in [6.45, 7) is 6.88. The van der Waals surface area contributed by atoms with Crippen LogP contribution in [0.1, 0.15) is 20.8 Å². The number of rotatable bonds is 4. The molecule has 0 rings (SSSR count). The van der Waals surface area contributed by atoms with Crippen LogP contribution in [0.4, 0.5) is 0 Å². The van der Waals surface area contributed by atoms with Crippen molar-refractivity contribution in [2.24, 2.45) is 5.92 Å². The first kappa shape index (κ1) is 9.27. The zero-order valence-electron chi connectivity index (χ0n) is 6.31. The van der Waals surface area contributed by atoms with Crippen molar-refractivity contribution < 1.29 is 4.55 Å². The Morgan fingerprint density at radius 3 is 2.44 bits per heavy atom. The Morgan fingerprint density at radius 2 is 2.11 bits per heavy atom. The predicted octanol–water partition coefficient (Wildman–Crippen LogP) is 0.916. The van der Waals surface area contributed by atoms with Gasteiger partial charge in [0.2, 0.25) is 0 Å². The highest BCUT2D eigenvalue weighted by molar-refractivity contribution is 7.89. The zero-order valence-corrected chi connectivity index (χ0v) is 7.12. The lowest BCUT2D eigenvalue weighted by molar-refractivity contribution is 0.569. The second-order valence-electron chi connectivity index (χ2n) is 2.40. The van der Waals surface area contributed by atoms with E-state index in [0.717, 1.165) is 12.3 Å². The smallest absolute Gasteiger partial charge is 0.127 e. The first-order valence-corrected chi connectivity index (χ1v) is 4.60. The molecule has 0 heterocycles. The minimum absolute atomic E-state index is 0.518. The highest BCUT2D eigenvalue weighted by Crippen LogP contribution is 1.96. The molecule has 0 radical (unpaired) electrons. The van der Waals surface area contributed by atoms with Crippen LogP contribution >= 0.6 is 0 Å². The van der Waals surface area contributed by atoms with E-state index in [2.05, 4.69) is 18.6 Å². The van der Waals surface area contributed by atoms with Gasteiger partial charge in [-0.3, -0.25) is 0 Å². The first-order valence-electron chi connectivity index (χ1n) is 3.28. The van der Waals surface area contributed by atoms with Crippen LogP contribution < -0.4 is 4.72 Å². The summed E-state index contributed by atoms with van der Waals surface area (Å²) in [5, 5.41) is 0. The molecule has 3 heteroatoms. The van der Waals surface area contributed by atoms with Crippen LogP contribution in [0.25, 0.3) is 0 Å². The summed E-state index contributed by atoms with van der Waals surface area (Å²) in [4.78, 5) is 0. The maximum Gasteiger partial charge on any atom is 0.127 e. The average Bonchev–Trinajstić information content (AvgIpc) is 1.63. The highest BCUT2D eigenvalue weighted by Gasteiger charge is 2.05. The van der Waals surface area contributed by atoms with Gasteiger partial charge in [0.1, 0.15) is 5.75 Å². The molecule has 0 aliphatic carbocycles. The molecule has 1 N–H and O–H groups in total. The molecule has 0 aliphatic rings. The van der Waals surface area contributed by atoms with E-state index in [4.69, 9.17) is 0 Å². The molecule has 0 saturated carbocycles. The van der Waals surface area contributed by atoms with Crippen LogP contribution in [-0.4, -0.2) is 16.9 Å². The Labute approximate surface area is 60.3 Å². The SMILES string of the molecule is CCN[S+]([O-])CC(C)C. The van der Waals surface area contributed by atoms with E-state index in [1.165, 1.54) is 0 Å². The third-order valence-corrected chi connectivity index (χ3v) is 2.37. The molecule has 0 amide bonds. The fraction of sp³-hybridized carbons (Fsp3) is 1.00. The van der Waals surface area contributed by atoms with Crippen LogP contribution in [0, 0.1) is 5.92 Å². The lowest BCUT2D eigenvalue weighted by atomic mass is 10.3. The van der Waals surface area contributed by atoms with E-state index in [0.29, 0.717) is 5.92 Å². The minimum atomic E-state index is -0.800. The monoisotopic (exact) mass is 149 g/mol. The first-order chi connectivity index (χ1) is 4.16. The van der Waals surface area contributed by atoms with E-state index in [-0.39, 0.29) is 0 Å². The normalized spacial score (nSPS) is 14.3. The lowest BCUT2D eigenvalue weighted by Crippen LogP contribution is -2.28. The Hall–Kier alpha value is 0.270. The van der Waals surface area contributed by atoms with Crippen LogP contribution in [0.15, 0.2) is 0 Å². The Bertz CT molecular complexity index is 68.1. The van der Waals surface area contributed by atoms with Gasteiger partial charge in [-0.05, 0) is 12.8 Å². The summed E-state index contributed by atoms with van der Waals surface area (Å²) in [6, 6.07) is 0. The summed E-state index contributed by atoms with van der Waals surface area (Å²) in [7, 11) is 0. The molecule has 0 aromatic heterocycles. The van der Waals surface area contributed by atoms with Crippen LogP contribution in [0.3, 0.4) is 0 Å². The van der Waals surface area contributed by atoms with E-state index in [1.54, 1.807) is 0 Å². The van der Waals surface area contributed by atoms with E-state index in [9.17, 15) is 4.55 Å². The van der Waals surface area contributed by atoms with Gasteiger partial charge in [0, 0.05) is 17.9 Å². The van der Waals surface area contributed by atoms with E-state index in [1.807, 2.05) is 6.92 Å². The average molecular weight is 149 g/mol. The van der Waals surface area contributed by atoms with Crippen molar-refractivity contribution in [3.05, 3.63) is 0 Å². The van der Waals surface area contributed by atoms with E-state index >= 15 is 0 Å². The highest BCUT2D eigenvalue weighted by atomic mass is 32.2. The quantitative estimate of drug-likeness (QED) is 0.603. The lowest BCUT2D eigenvalue weighted by Gasteiger charge is -2.10. The van der Waals surface area contributed by atoms with Crippen molar-refractivity contribution in [2.45, 2.75) is 20.8 Å². The third-order valence-electron chi connectivity index (χ3n) is 0.790. The van der Waals surface area contributed by atoms with Crippen molar-refractivity contribution >= 4 is 11.4 Å². The maximum absolute atomic E-state index is 10.9. The van der Waals surface area contributed by atoms with E-state index < -0.39 is 11.4 Å². The Kier molecular flexibility index (Phi) is 5.24. The van der Waals surface area contributed by atoms with Crippen molar-refractivity contribution in [1.82, 2.24) is 4.72 Å². The Morgan fingerprint density at radius 1 is 1.56 bits per heavy atom. The van der Waals surface area contributed by atoms with Crippen LogP contribution in [0.5, 0.6) is 0 Å². The molecular formula is C6H15NOS. The van der Waals surface area contributed by atoms with Crippen molar-refractivity contribution in [1.29, 1.82) is 0 Å². The summed E-state index contributed by atoms with van der Waals surface area (Å²) in [6.07, 6.45) is 0. The van der Waals surface area contributed by atoms with Gasteiger partial charge < -0.3 is 4.55 Å². The second kappa shape index (κ2) is 5.09. The number of nitrogens with one attached hydrogen (secondary N) is 1. The molecule has 56 valence electrons. The largest absolute Gasteiger partial charge is 0.598 e. The van der Waals surface area contributed by atoms with Crippen molar-refractivity contribution in [2.75, 3.05) is 12.3 Å². The molecular weight excluding hydrogens is 134 g/mol. The van der Waals surface area contributed by atoms with Gasteiger partial charge in [-0.25, -0.2) is 0 Å². The summed E-state index contributed by atoms with van der Waals surface area (Å²) >= 11 is -0.800. The van der Waals surface area contributed by atoms with Gasteiger partial charge in [0.05, 0.1) is 0 Å². The Balaban J connectivity index is 3.15. The van der Waals surface area contributed by atoms with Crippen LogP contribution in [0.2, 0.25) is 0 Å². The van der Waals surface area contributed by atoms with Gasteiger partial charge in [-0.1, -0.05) is 13.8 Å². The minimum Gasteiger partial charge on any atom is -0.598 e. The van der Waals surface area contributed by atoms with Crippen molar-refractivity contribution in [3.63, 3.8) is 0 Å². The van der Waals surface area contributed by atoms with Gasteiger partial charge in [-0.2, -0.15) is 0 Å². The van der Waals surface area contributed by atoms with Gasteiger partial charge >= 0.3 is 0 Å². The van der Waals surface area contributed by atoms with Crippen molar-refractivity contribution in [3.8, 4) is 0 Å². The fourth-order valence-electron chi connectivity index (χ4n) is 0.523. The predicted molar refractivity (Wildman–Crippen MR) is 41.5 cm³/mol. The summed E-state index contributed by atoms with van der Waals surface area (Å²) < 4.78 is 13.7. The standard InChI is InChI=1S/C6H15NOS/c1-4-7-9(8)5-6(2)3/h6-7H,4-5H2,1-3H3. The molecule has 9 heavy (non-hydrogen) atoms. The molecule has 1 atom stereocenters. The maximum atomic E-state index is 10.9. The third kappa shape index (κ3) is 6.15. The summed E-state index contributed by atoms with van der Waals surface area (Å²) in [5.41, 5.74) is 0. The topological polar surface area (TPSA) is 35.1 Å². The molecule has 0 aromatic carbocycles. The fourth-order valence-corrected chi connectivity index (χ4v) is 1.57. The summed E-state index contributed by atoms with van der Waals surface area (Å²) in [5.74, 6) is 1.28. The van der Waals surface area contributed by atoms with Gasteiger partial charge in [0.25, 0.3) is 0 Å². The molecule has 0 saturated heterocycles. The second-order valence-corrected chi connectivity index (χ2v) is 3.72. The van der Waals surface area contributed by atoms with Gasteiger partial charge in [0.15, 0.2) is 0 Å². The molecule has 2 nitrogen and oxygen atoms in total. The number of hydrogen-bond acceptors (Lipinski definition) is 2. The number of hydrogen-bond donors (Lipinski definition) is 1. The van der Waals surface area contributed by atoms with Gasteiger partial charge in [-0.15, -0.1) is 4.72 Å². The van der Waals surface area contributed by atoms with Crippen LogP contribution in [-0.2, 0) is 11.4 Å². The molecule has 0 fully saturated rings. The molecule has 0 aliphatic heterocycles. The molecule has 1 unspecified atom stereocenters. The molecule has 0 bridgehead atoms. The molecule has 0 aromatic rings.